The summed E-state index contributed by atoms with van der Waals surface area (Å²) in [4.78, 5) is 29.2. The predicted molar refractivity (Wildman–Crippen MR) is 132 cm³/mol. The Hall–Kier alpha value is -1.53. The number of halogens is 1. The number of fused-ring (bicyclic) bond motifs is 1. The van der Waals surface area contributed by atoms with E-state index in [1.807, 2.05) is 6.07 Å². The molecular weight excluding hydrogens is 524 g/mol. The molecule has 1 N–H and O–H groups in total. The Kier molecular flexibility index (Phi) is 8.29. The third-order valence-electron chi connectivity index (χ3n) is 6.84. The average molecular weight is 558 g/mol. The number of morpholine rings is 1. The molecule has 1 aromatic rings. The van der Waals surface area contributed by atoms with E-state index < -0.39 is 10.0 Å². The Bertz CT molecular complexity index is 1030. The number of carbonyl (C=O) groups excluding carboxylic acids is 2. The van der Waals surface area contributed by atoms with E-state index in [4.69, 9.17) is 4.74 Å². The first-order chi connectivity index (χ1) is 16.3. The van der Waals surface area contributed by atoms with Gasteiger partial charge in [-0.15, -0.1) is 0 Å². The summed E-state index contributed by atoms with van der Waals surface area (Å²) in [6.45, 7) is 7.36. The molecule has 0 saturated carbocycles. The van der Waals surface area contributed by atoms with Crippen LogP contribution in [0.4, 0.5) is 5.69 Å². The van der Waals surface area contributed by atoms with Gasteiger partial charge in [-0.25, -0.2) is 8.42 Å². The number of nitrogens with zero attached hydrogens (tertiary/aromatic N) is 3. The number of benzene rings is 1. The highest BCUT2D eigenvalue weighted by Gasteiger charge is 2.36. The van der Waals surface area contributed by atoms with Gasteiger partial charge in [-0.05, 0) is 52.9 Å². The van der Waals surface area contributed by atoms with Gasteiger partial charge in [0, 0.05) is 62.4 Å². The van der Waals surface area contributed by atoms with Crippen LogP contribution in [0.1, 0.15) is 31.7 Å². The highest BCUT2D eigenvalue weighted by molar-refractivity contribution is 9.10. The fourth-order valence-corrected chi connectivity index (χ4v) is 7.45. The maximum atomic E-state index is 13.6. The molecule has 2 amide bonds. The molecule has 3 aliphatic rings. The minimum atomic E-state index is -3.83. The summed E-state index contributed by atoms with van der Waals surface area (Å²) >= 11 is 3.44. The van der Waals surface area contributed by atoms with Crippen LogP contribution >= 0.6 is 15.9 Å². The molecule has 0 unspecified atom stereocenters. The van der Waals surface area contributed by atoms with Gasteiger partial charge in [-0.1, -0.05) is 6.92 Å². The molecule has 11 heteroatoms. The topological polar surface area (TPSA) is 99.3 Å². The summed E-state index contributed by atoms with van der Waals surface area (Å²) in [6.07, 6.45) is 2.37. The summed E-state index contributed by atoms with van der Waals surface area (Å²) in [5.74, 6) is -0.489. The summed E-state index contributed by atoms with van der Waals surface area (Å²) in [6, 6.07) is 3.42. The molecule has 1 aromatic carbocycles. The van der Waals surface area contributed by atoms with Crippen molar-refractivity contribution in [2.45, 2.75) is 37.5 Å². The van der Waals surface area contributed by atoms with Gasteiger partial charge in [0.1, 0.15) is 0 Å². The van der Waals surface area contributed by atoms with Crippen molar-refractivity contribution in [1.29, 1.82) is 0 Å². The first kappa shape index (κ1) is 25.6. The molecule has 2 saturated heterocycles. The van der Waals surface area contributed by atoms with Crippen LogP contribution in [0.3, 0.4) is 0 Å². The lowest BCUT2D eigenvalue weighted by atomic mass is 9.99. The zero-order valence-corrected chi connectivity index (χ0v) is 22.0. The van der Waals surface area contributed by atoms with Crippen molar-refractivity contribution in [2.75, 3.05) is 63.9 Å². The van der Waals surface area contributed by atoms with Gasteiger partial charge in [0.2, 0.25) is 21.8 Å². The van der Waals surface area contributed by atoms with Gasteiger partial charge in [-0.2, -0.15) is 4.31 Å². The van der Waals surface area contributed by atoms with E-state index in [-0.39, 0.29) is 29.2 Å². The van der Waals surface area contributed by atoms with Crippen LogP contribution in [-0.4, -0.2) is 88.5 Å². The molecule has 3 aliphatic heterocycles. The normalized spacial score (nSPS) is 21.9. The van der Waals surface area contributed by atoms with Gasteiger partial charge < -0.3 is 15.0 Å². The smallest absolute Gasteiger partial charge is 0.244 e. The molecule has 0 radical (unpaired) electrons. The third kappa shape index (κ3) is 5.48. The Morgan fingerprint density at radius 1 is 1.18 bits per heavy atom. The molecule has 0 bridgehead atoms. The first-order valence-electron chi connectivity index (χ1n) is 12.0. The van der Waals surface area contributed by atoms with Crippen molar-refractivity contribution in [3.8, 4) is 0 Å². The second-order valence-corrected chi connectivity index (χ2v) is 11.8. The summed E-state index contributed by atoms with van der Waals surface area (Å²) in [7, 11) is -3.83. The monoisotopic (exact) mass is 556 g/mol. The van der Waals surface area contributed by atoms with E-state index in [0.717, 1.165) is 25.2 Å². The Balaban J connectivity index is 1.43. The van der Waals surface area contributed by atoms with Crippen LogP contribution in [0.15, 0.2) is 21.5 Å². The minimum absolute atomic E-state index is 0.0174. The zero-order chi connectivity index (χ0) is 24.3. The number of hydrogen-bond donors (Lipinski definition) is 1. The zero-order valence-electron chi connectivity index (χ0n) is 19.6. The fourth-order valence-electron chi connectivity index (χ4n) is 4.86. The van der Waals surface area contributed by atoms with E-state index >= 15 is 0 Å². The number of nitrogens with one attached hydrogen (secondary N) is 1. The Morgan fingerprint density at radius 3 is 2.68 bits per heavy atom. The lowest BCUT2D eigenvalue weighted by Crippen LogP contribution is -2.47. The number of sulfonamides is 1. The molecule has 0 spiro atoms. The SMILES string of the molecule is CCC(=O)N1CCc2cc(Br)c(S(=O)(=O)N3CCC[C@@H](C(=O)NCCN4CCOCC4)C3)cc21. The second kappa shape index (κ2) is 11.0. The molecule has 4 rings (SSSR count). The van der Waals surface area contributed by atoms with Gasteiger partial charge in [0.25, 0.3) is 0 Å². The van der Waals surface area contributed by atoms with Gasteiger partial charge in [0.05, 0.1) is 24.0 Å². The van der Waals surface area contributed by atoms with Crippen molar-refractivity contribution >= 4 is 43.5 Å². The summed E-state index contributed by atoms with van der Waals surface area (Å²) < 4.78 is 34.4. The van der Waals surface area contributed by atoms with E-state index in [1.165, 1.54) is 4.31 Å². The lowest BCUT2D eigenvalue weighted by molar-refractivity contribution is -0.126. The van der Waals surface area contributed by atoms with E-state index in [2.05, 4.69) is 26.1 Å². The first-order valence-corrected chi connectivity index (χ1v) is 14.2. The third-order valence-corrected chi connectivity index (χ3v) is 9.66. The number of amides is 2. The number of piperidine rings is 1. The number of anilines is 1. The van der Waals surface area contributed by atoms with Gasteiger partial charge >= 0.3 is 0 Å². The van der Waals surface area contributed by atoms with E-state index in [1.54, 1.807) is 17.9 Å². The molecule has 3 heterocycles. The van der Waals surface area contributed by atoms with E-state index in [9.17, 15) is 18.0 Å². The molecule has 2 fully saturated rings. The summed E-state index contributed by atoms with van der Waals surface area (Å²) in [5, 5.41) is 2.99. The molecule has 188 valence electrons. The number of rotatable bonds is 7. The average Bonchev–Trinajstić information content (AvgIpc) is 3.26. The highest BCUT2D eigenvalue weighted by atomic mass is 79.9. The van der Waals surface area contributed by atoms with Crippen molar-refractivity contribution in [1.82, 2.24) is 14.5 Å². The molecular formula is C23H33BrN4O5S. The molecule has 1 atom stereocenters. The second-order valence-electron chi connectivity index (χ2n) is 9.01. The highest BCUT2D eigenvalue weighted by Crippen LogP contribution is 2.37. The quantitative estimate of drug-likeness (QED) is 0.547. The summed E-state index contributed by atoms with van der Waals surface area (Å²) in [5.41, 5.74) is 1.63. The number of carbonyl (C=O) groups is 2. The fraction of sp³-hybridized carbons (Fsp3) is 0.652. The van der Waals surface area contributed by atoms with Crippen molar-refractivity contribution in [3.63, 3.8) is 0 Å². The van der Waals surface area contributed by atoms with Crippen LogP contribution in [0.5, 0.6) is 0 Å². The standard InChI is InChI=1S/C23H33BrN4O5S/c1-2-22(29)28-8-5-17-14-19(24)21(15-20(17)28)34(31,32)27-7-3-4-18(16-27)23(30)25-6-9-26-10-12-33-13-11-26/h14-15,18H,2-13,16H2,1H3,(H,25,30)/t18-/m1/s1. The van der Waals surface area contributed by atoms with Gasteiger partial charge in [-0.3, -0.25) is 14.5 Å². The number of hydrogen-bond acceptors (Lipinski definition) is 6. The molecule has 0 aliphatic carbocycles. The Morgan fingerprint density at radius 2 is 1.94 bits per heavy atom. The van der Waals surface area contributed by atoms with Crippen LogP contribution < -0.4 is 10.2 Å². The largest absolute Gasteiger partial charge is 0.379 e. The van der Waals surface area contributed by atoms with Crippen molar-refractivity contribution in [3.05, 3.63) is 22.2 Å². The minimum Gasteiger partial charge on any atom is -0.379 e. The van der Waals surface area contributed by atoms with Crippen LogP contribution in [0, 0.1) is 5.92 Å². The maximum absolute atomic E-state index is 13.6. The predicted octanol–water partition coefficient (Wildman–Crippen LogP) is 1.60. The van der Waals surface area contributed by atoms with Crippen LogP contribution in [0.25, 0.3) is 0 Å². The number of ether oxygens (including phenoxy) is 1. The van der Waals surface area contributed by atoms with E-state index in [0.29, 0.717) is 68.7 Å². The van der Waals surface area contributed by atoms with Crippen LogP contribution in [-0.2, 0) is 30.8 Å². The van der Waals surface area contributed by atoms with Crippen LogP contribution in [0.2, 0.25) is 0 Å². The Labute approximate surface area is 210 Å². The van der Waals surface area contributed by atoms with Crippen molar-refractivity contribution in [2.24, 2.45) is 5.92 Å². The molecule has 34 heavy (non-hydrogen) atoms. The lowest BCUT2D eigenvalue weighted by Gasteiger charge is -2.32. The molecule has 9 nitrogen and oxygen atoms in total. The van der Waals surface area contributed by atoms with Gasteiger partial charge in [0.15, 0.2) is 0 Å². The molecule has 0 aromatic heterocycles. The van der Waals surface area contributed by atoms with Crippen molar-refractivity contribution < 1.29 is 22.7 Å². The maximum Gasteiger partial charge on any atom is 0.244 e.